The minimum Gasteiger partial charge on any atom is -0.367 e. The number of hydrogen-bond donors (Lipinski definition) is 4. The zero-order valence-corrected chi connectivity index (χ0v) is 11.2. The van der Waals surface area contributed by atoms with Crippen LogP contribution < -0.4 is 11.1 Å². The number of hydrogen-bond acceptors (Lipinski definition) is 5. The second-order valence-corrected chi connectivity index (χ2v) is 4.52. The molecule has 0 bridgehead atoms. The minimum absolute atomic E-state index is 0.353. The van der Waals surface area contributed by atoms with Gasteiger partial charge >= 0.3 is 0 Å². The molecule has 1 rings (SSSR count). The van der Waals surface area contributed by atoms with Crippen molar-refractivity contribution in [3.8, 4) is 0 Å². The SMILES string of the molecule is NC(CCCCNC(=O)C(=O)c1ccccc1)C(O)O. The molecule has 0 aliphatic heterocycles. The van der Waals surface area contributed by atoms with E-state index in [-0.39, 0.29) is 0 Å². The molecule has 0 radical (unpaired) electrons. The number of rotatable bonds is 8. The van der Waals surface area contributed by atoms with E-state index >= 15 is 0 Å². The zero-order chi connectivity index (χ0) is 15.0. The molecule has 0 saturated heterocycles. The van der Waals surface area contributed by atoms with Crippen molar-refractivity contribution >= 4 is 11.7 Å². The third kappa shape index (κ3) is 5.48. The predicted molar refractivity (Wildman–Crippen MR) is 73.8 cm³/mol. The highest BCUT2D eigenvalue weighted by Crippen LogP contribution is 2.02. The van der Waals surface area contributed by atoms with Crippen LogP contribution in [0.15, 0.2) is 30.3 Å². The van der Waals surface area contributed by atoms with Crippen molar-refractivity contribution in [3.05, 3.63) is 35.9 Å². The maximum atomic E-state index is 11.7. The first-order valence-electron chi connectivity index (χ1n) is 6.51. The molecule has 0 aromatic heterocycles. The van der Waals surface area contributed by atoms with Gasteiger partial charge in [-0.25, -0.2) is 0 Å². The number of nitrogens with one attached hydrogen (secondary N) is 1. The Bertz CT molecular complexity index is 434. The Kier molecular flexibility index (Phi) is 6.86. The molecule has 1 unspecified atom stereocenters. The Balaban J connectivity index is 2.22. The van der Waals surface area contributed by atoms with E-state index in [1.807, 2.05) is 0 Å². The molecule has 0 aliphatic carbocycles. The molecule has 1 amide bonds. The lowest BCUT2D eigenvalue weighted by atomic mass is 10.1. The van der Waals surface area contributed by atoms with Crippen LogP contribution in [0.4, 0.5) is 0 Å². The summed E-state index contributed by atoms with van der Waals surface area (Å²) in [4.78, 5) is 23.3. The number of aliphatic hydroxyl groups excluding tert-OH is 1. The van der Waals surface area contributed by atoms with Gasteiger partial charge in [0.15, 0.2) is 6.29 Å². The molecule has 1 aromatic rings. The first-order chi connectivity index (χ1) is 9.52. The Labute approximate surface area is 117 Å². The number of Topliss-reactive ketones (excluding diaryl/α,β-unsaturated/α-hetero) is 1. The summed E-state index contributed by atoms with van der Waals surface area (Å²) in [6.45, 7) is 0.353. The first kappa shape index (κ1) is 16.3. The van der Waals surface area contributed by atoms with Crippen LogP contribution in [0.5, 0.6) is 0 Å². The van der Waals surface area contributed by atoms with E-state index in [4.69, 9.17) is 15.9 Å². The van der Waals surface area contributed by atoms with E-state index in [2.05, 4.69) is 5.32 Å². The molecule has 1 atom stereocenters. The van der Waals surface area contributed by atoms with Gasteiger partial charge in [0.25, 0.3) is 5.91 Å². The smallest absolute Gasteiger partial charge is 0.292 e. The van der Waals surface area contributed by atoms with Crippen LogP contribution in [0.25, 0.3) is 0 Å². The highest BCUT2D eigenvalue weighted by molar-refractivity contribution is 6.42. The lowest BCUT2D eigenvalue weighted by molar-refractivity contribution is -0.117. The highest BCUT2D eigenvalue weighted by atomic mass is 16.5. The lowest BCUT2D eigenvalue weighted by Gasteiger charge is -2.12. The van der Waals surface area contributed by atoms with Crippen molar-refractivity contribution in [2.75, 3.05) is 6.54 Å². The summed E-state index contributed by atoms with van der Waals surface area (Å²) in [7, 11) is 0. The van der Waals surface area contributed by atoms with Gasteiger partial charge in [0, 0.05) is 12.1 Å². The Hall–Kier alpha value is -1.76. The predicted octanol–water partition coefficient (Wildman–Crippen LogP) is -0.206. The van der Waals surface area contributed by atoms with Gasteiger partial charge in [-0.1, -0.05) is 30.3 Å². The van der Waals surface area contributed by atoms with Crippen LogP contribution in [-0.4, -0.2) is 40.8 Å². The molecule has 110 valence electrons. The van der Waals surface area contributed by atoms with Gasteiger partial charge in [0.1, 0.15) is 0 Å². The van der Waals surface area contributed by atoms with Crippen LogP contribution in [0.3, 0.4) is 0 Å². The molecule has 0 saturated carbocycles. The number of amides is 1. The van der Waals surface area contributed by atoms with Crippen LogP contribution in [0.2, 0.25) is 0 Å². The van der Waals surface area contributed by atoms with Crippen molar-refractivity contribution in [1.29, 1.82) is 0 Å². The van der Waals surface area contributed by atoms with Crippen molar-refractivity contribution in [2.24, 2.45) is 5.73 Å². The van der Waals surface area contributed by atoms with Gasteiger partial charge in [-0.2, -0.15) is 0 Å². The van der Waals surface area contributed by atoms with Crippen LogP contribution >= 0.6 is 0 Å². The zero-order valence-electron chi connectivity index (χ0n) is 11.2. The Morgan fingerprint density at radius 2 is 1.80 bits per heavy atom. The maximum Gasteiger partial charge on any atom is 0.292 e. The molecule has 0 fully saturated rings. The lowest BCUT2D eigenvalue weighted by Crippen LogP contribution is -2.35. The largest absolute Gasteiger partial charge is 0.367 e. The third-order valence-electron chi connectivity index (χ3n) is 2.87. The number of benzene rings is 1. The van der Waals surface area contributed by atoms with Gasteiger partial charge in [-0.15, -0.1) is 0 Å². The molecule has 0 heterocycles. The van der Waals surface area contributed by atoms with Crippen molar-refractivity contribution in [2.45, 2.75) is 31.6 Å². The molecule has 5 N–H and O–H groups in total. The Morgan fingerprint density at radius 3 is 2.40 bits per heavy atom. The maximum absolute atomic E-state index is 11.7. The fraction of sp³-hybridized carbons (Fsp3) is 0.429. The molecule has 1 aromatic carbocycles. The second kappa shape index (κ2) is 8.42. The quantitative estimate of drug-likeness (QED) is 0.228. The van der Waals surface area contributed by atoms with E-state index < -0.39 is 24.0 Å². The first-order valence-corrected chi connectivity index (χ1v) is 6.51. The van der Waals surface area contributed by atoms with Gasteiger partial charge in [0.05, 0.1) is 6.04 Å². The monoisotopic (exact) mass is 280 g/mol. The normalized spacial score (nSPS) is 12.2. The number of ketones is 1. The summed E-state index contributed by atoms with van der Waals surface area (Å²) in [6.07, 6.45) is 0.178. The third-order valence-corrected chi connectivity index (χ3v) is 2.87. The molecule has 6 heteroatoms. The van der Waals surface area contributed by atoms with E-state index in [0.717, 1.165) is 0 Å². The van der Waals surface area contributed by atoms with Crippen molar-refractivity contribution in [1.82, 2.24) is 5.32 Å². The molecule has 0 aliphatic rings. The van der Waals surface area contributed by atoms with Crippen LogP contribution in [0.1, 0.15) is 29.6 Å². The average molecular weight is 280 g/mol. The molecular formula is C14H20N2O4. The highest BCUT2D eigenvalue weighted by Gasteiger charge is 2.15. The summed E-state index contributed by atoms with van der Waals surface area (Å²) in [5.41, 5.74) is 5.80. The summed E-state index contributed by atoms with van der Waals surface area (Å²) in [5.74, 6) is -1.20. The van der Waals surface area contributed by atoms with E-state index in [1.54, 1.807) is 30.3 Å². The van der Waals surface area contributed by atoms with E-state index in [1.165, 1.54) is 0 Å². The van der Waals surface area contributed by atoms with Crippen molar-refractivity contribution in [3.63, 3.8) is 0 Å². The van der Waals surface area contributed by atoms with Gasteiger partial charge in [-0.3, -0.25) is 9.59 Å². The topological polar surface area (TPSA) is 113 Å². The molecule has 20 heavy (non-hydrogen) atoms. The van der Waals surface area contributed by atoms with Crippen LogP contribution in [-0.2, 0) is 4.79 Å². The van der Waals surface area contributed by atoms with E-state index in [9.17, 15) is 9.59 Å². The standard InChI is InChI=1S/C14H20N2O4/c15-11(14(19)20)8-4-5-9-16-13(18)12(17)10-6-2-1-3-7-10/h1-3,6-7,11,14,19-20H,4-5,8-9,15H2,(H,16,18). The number of nitrogens with two attached hydrogens (primary N) is 1. The Morgan fingerprint density at radius 1 is 1.15 bits per heavy atom. The van der Waals surface area contributed by atoms with Gasteiger partial charge in [-0.05, 0) is 19.3 Å². The molecular weight excluding hydrogens is 260 g/mol. The number of aliphatic hydroxyl groups is 2. The number of unbranched alkanes of at least 4 members (excludes halogenated alkanes) is 1. The fourth-order valence-corrected chi connectivity index (χ4v) is 1.66. The second-order valence-electron chi connectivity index (χ2n) is 4.52. The van der Waals surface area contributed by atoms with E-state index in [0.29, 0.717) is 31.4 Å². The van der Waals surface area contributed by atoms with Gasteiger partial charge in [0.2, 0.25) is 5.78 Å². The summed E-state index contributed by atoms with van der Waals surface area (Å²) < 4.78 is 0. The average Bonchev–Trinajstić information content (AvgIpc) is 2.46. The minimum atomic E-state index is -1.52. The van der Waals surface area contributed by atoms with Crippen LogP contribution in [0, 0.1) is 0 Å². The fourth-order valence-electron chi connectivity index (χ4n) is 1.66. The summed E-state index contributed by atoms with van der Waals surface area (Å²) in [5, 5.41) is 20.1. The number of carbonyl (C=O) groups is 2. The molecule has 0 spiro atoms. The summed E-state index contributed by atoms with van der Waals surface area (Å²) >= 11 is 0. The summed E-state index contributed by atoms with van der Waals surface area (Å²) in [6, 6.07) is 7.65. The number of carbonyl (C=O) groups excluding carboxylic acids is 2. The van der Waals surface area contributed by atoms with Gasteiger partial charge < -0.3 is 21.3 Å². The van der Waals surface area contributed by atoms with Crippen molar-refractivity contribution < 1.29 is 19.8 Å². The molecule has 6 nitrogen and oxygen atoms in total.